The zero-order valence-electron chi connectivity index (χ0n) is 9.66. The van der Waals surface area contributed by atoms with Gasteiger partial charge in [0.2, 0.25) is 5.88 Å². The number of nitrogens with zero attached hydrogens (tertiary/aromatic N) is 3. The van der Waals surface area contributed by atoms with Crippen LogP contribution < -0.4 is 10.5 Å². The standard InChI is InChI=1S/C13H8N4O2/c14-4-7(5-15)12-9-3-8(18)1-2-11(9)19-13(17)10(12)6-16/h1-3,7,12,18H,17H2. The first-order chi connectivity index (χ1) is 9.12. The smallest absolute Gasteiger partial charge is 0.205 e. The minimum atomic E-state index is -1.09. The predicted molar refractivity (Wildman–Crippen MR) is 63.0 cm³/mol. The van der Waals surface area contributed by atoms with Gasteiger partial charge < -0.3 is 15.6 Å². The van der Waals surface area contributed by atoms with E-state index in [2.05, 4.69) is 0 Å². The minimum Gasteiger partial charge on any atom is -0.508 e. The summed E-state index contributed by atoms with van der Waals surface area (Å²) in [6.07, 6.45) is 0. The van der Waals surface area contributed by atoms with Gasteiger partial charge in [-0.15, -0.1) is 0 Å². The number of hydrogen-bond acceptors (Lipinski definition) is 6. The van der Waals surface area contributed by atoms with Crippen molar-refractivity contribution in [3.8, 4) is 29.7 Å². The first-order valence-corrected chi connectivity index (χ1v) is 5.32. The van der Waals surface area contributed by atoms with Crippen molar-refractivity contribution in [2.45, 2.75) is 5.92 Å². The number of hydrogen-bond donors (Lipinski definition) is 2. The molecule has 0 aromatic heterocycles. The lowest BCUT2D eigenvalue weighted by Gasteiger charge is -2.26. The van der Waals surface area contributed by atoms with Gasteiger partial charge in [-0.05, 0) is 18.2 Å². The van der Waals surface area contributed by atoms with Gasteiger partial charge in [0, 0.05) is 5.56 Å². The molecule has 1 unspecified atom stereocenters. The van der Waals surface area contributed by atoms with Gasteiger partial charge >= 0.3 is 0 Å². The molecule has 3 N–H and O–H groups in total. The fourth-order valence-electron chi connectivity index (χ4n) is 2.00. The van der Waals surface area contributed by atoms with E-state index < -0.39 is 11.8 Å². The van der Waals surface area contributed by atoms with Crippen molar-refractivity contribution in [3.05, 3.63) is 35.2 Å². The van der Waals surface area contributed by atoms with Crippen molar-refractivity contribution < 1.29 is 9.84 Å². The Balaban J connectivity index is 2.68. The summed E-state index contributed by atoms with van der Waals surface area (Å²) in [6, 6.07) is 9.75. The Morgan fingerprint density at radius 3 is 2.53 bits per heavy atom. The first-order valence-electron chi connectivity index (χ1n) is 5.32. The van der Waals surface area contributed by atoms with Gasteiger partial charge in [-0.1, -0.05) is 0 Å². The van der Waals surface area contributed by atoms with E-state index in [0.29, 0.717) is 11.3 Å². The van der Waals surface area contributed by atoms with Crippen molar-refractivity contribution in [1.82, 2.24) is 0 Å². The highest BCUT2D eigenvalue weighted by molar-refractivity contribution is 5.54. The number of fused-ring (bicyclic) bond motifs is 1. The van der Waals surface area contributed by atoms with Crippen LogP contribution in [0.3, 0.4) is 0 Å². The Bertz CT molecular complexity index is 674. The van der Waals surface area contributed by atoms with Crippen LogP contribution in [-0.4, -0.2) is 5.11 Å². The van der Waals surface area contributed by atoms with Gasteiger partial charge in [0.1, 0.15) is 23.5 Å². The van der Waals surface area contributed by atoms with Crippen molar-refractivity contribution in [3.63, 3.8) is 0 Å². The number of benzene rings is 1. The molecule has 0 bridgehead atoms. The summed E-state index contributed by atoms with van der Waals surface area (Å²) in [5.41, 5.74) is 6.05. The second kappa shape index (κ2) is 4.60. The van der Waals surface area contributed by atoms with Crippen molar-refractivity contribution in [2.24, 2.45) is 11.7 Å². The van der Waals surface area contributed by atoms with Gasteiger partial charge in [-0.3, -0.25) is 0 Å². The van der Waals surface area contributed by atoms with E-state index in [1.165, 1.54) is 18.2 Å². The van der Waals surface area contributed by atoms with Crippen LogP contribution >= 0.6 is 0 Å². The Morgan fingerprint density at radius 1 is 1.26 bits per heavy atom. The molecule has 0 fully saturated rings. The highest BCUT2D eigenvalue weighted by atomic mass is 16.5. The number of phenolic OH excluding ortho intramolecular Hbond substituents is 1. The fourth-order valence-corrected chi connectivity index (χ4v) is 2.00. The molecule has 1 atom stereocenters. The summed E-state index contributed by atoms with van der Waals surface area (Å²) in [6.45, 7) is 0. The third-order valence-corrected chi connectivity index (χ3v) is 2.86. The van der Waals surface area contributed by atoms with Gasteiger partial charge in [-0.25, -0.2) is 0 Å². The molecule has 0 spiro atoms. The van der Waals surface area contributed by atoms with E-state index in [4.69, 9.17) is 26.3 Å². The second-order valence-corrected chi connectivity index (χ2v) is 3.93. The molecule has 0 radical (unpaired) electrons. The number of rotatable bonds is 1. The largest absolute Gasteiger partial charge is 0.508 e. The first kappa shape index (κ1) is 12.3. The summed E-state index contributed by atoms with van der Waals surface area (Å²) in [4.78, 5) is 0. The van der Waals surface area contributed by atoms with Gasteiger partial charge in [0.25, 0.3) is 0 Å². The fraction of sp³-hybridized carbons (Fsp3) is 0.154. The average molecular weight is 252 g/mol. The normalized spacial score (nSPS) is 16.8. The number of phenols is 1. The van der Waals surface area contributed by atoms with Crippen LogP contribution in [-0.2, 0) is 0 Å². The van der Waals surface area contributed by atoms with Gasteiger partial charge in [0.15, 0.2) is 0 Å². The summed E-state index contributed by atoms with van der Waals surface area (Å²) < 4.78 is 5.26. The maximum atomic E-state index is 9.51. The van der Waals surface area contributed by atoms with Crippen LogP contribution in [0.25, 0.3) is 0 Å². The van der Waals surface area contributed by atoms with Gasteiger partial charge in [-0.2, -0.15) is 15.8 Å². The molecule has 0 saturated heterocycles. The molecule has 0 saturated carbocycles. The molecule has 0 aliphatic carbocycles. The molecule has 6 heteroatoms. The van der Waals surface area contributed by atoms with Crippen LogP contribution in [0.5, 0.6) is 11.5 Å². The Hall–Kier alpha value is -3.17. The van der Waals surface area contributed by atoms with E-state index in [1.54, 1.807) is 0 Å². The Morgan fingerprint density at radius 2 is 1.95 bits per heavy atom. The lowest BCUT2D eigenvalue weighted by atomic mass is 9.80. The van der Waals surface area contributed by atoms with E-state index >= 15 is 0 Å². The van der Waals surface area contributed by atoms with Crippen molar-refractivity contribution in [2.75, 3.05) is 0 Å². The summed E-state index contributed by atoms with van der Waals surface area (Å²) in [5, 5.41) is 36.7. The lowest BCUT2D eigenvalue weighted by Crippen LogP contribution is -2.24. The minimum absolute atomic E-state index is 0.0196. The Kier molecular flexibility index (Phi) is 2.98. The molecular formula is C13H8N4O2. The number of ether oxygens (including phenoxy) is 1. The van der Waals surface area contributed by atoms with E-state index in [0.717, 1.165) is 0 Å². The highest BCUT2D eigenvalue weighted by Crippen LogP contribution is 2.43. The lowest BCUT2D eigenvalue weighted by molar-refractivity contribution is 0.380. The van der Waals surface area contributed by atoms with Crippen molar-refractivity contribution >= 4 is 0 Å². The summed E-state index contributed by atoms with van der Waals surface area (Å²) >= 11 is 0. The predicted octanol–water partition coefficient (Wildman–Crippen LogP) is 1.23. The van der Waals surface area contributed by atoms with Crippen LogP contribution in [0, 0.1) is 39.9 Å². The van der Waals surface area contributed by atoms with E-state index in [1.807, 2.05) is 18.2 Å². The quantitative estimate of drug-likeness (QED) is 0.773. The third kappa shape index (κ3) is 1.90. The molecule has 1 aliphatic rings. The second-order valence-electron chi connectivity index (χ2n) is 3.93. The molecule has 1 aromatic rings. The topological polar surface area (TPSA) is 127 Å². The van der Waals surface area contributed by atoms with Crippen molar-refractivity contribution in [1.29, 1.82) is 15.8 Å². The molecule has 2 rings (SSSR count). The van der Waals surface area contributed by atoms with E-state index in [9.17, 15) is 5.11 Å². The van der Waals surface area contributed by atoms with E-state index in [-0.39, 0.29) is 17.2 Å². The molecule has 92 valence electrons. The monoisotopic (exact) mass is 252 g/mol. The average Bonchev–Trinajstić information content (AvgIpc) is 2.40. The molecular weight excluding hydrogens is 244 g/mol. The maximum absolute atomic E-state index is 9.51. The number of aromatic hydroxyl groups is 1. The van der Waals surface area contributed by atoms with Crippen LogP contribution in [0.15, 0.2) is 29.7 Å². The molecule has 1 aliphatic heterocycles. The molecule has 1 aromatic carbocycles. The maximum Gasteiger partial charge on any atom is 0.205 e. The molecule has 6 nitrogen and oxygen atoms in total. The number of allylic oxidation sites excluding steroid dienone is 1. The summed E-state index contributed by atoms with van der Waals surface area (Å²) in [7, 11) is 0. The SMILES string of the molecule is N#CC1=C(N)Oc2ccc(O)cc2C1C(C#N)C#N. The zero-order valence-corrected chi connectivity index (χ0v) is 9.66. The Labute approximate surface area is 109 Å². The van der Waals surface area contributed by atoms with Crippen LogP contribution in [0.1, 0.15) is 11.5 Å². The van der Waals surface area contributed by atoms with Crippen LogP contribution in [0.2, 0.25) is 0 Å². The number of nitriles is 3. The highest BCUT2D eigenvalue weighted by Gasteiger charge is 2.35. The van der Waals surface area contributed by atoms with Crippen LogP contribution in [0.4, 0.5) is 0 Å². The zero-order chi connectivity index (χ0) is 14.0. The van der Waals surface area contributed by atoms with Gasteiger partial charge in [0.05, 0.1) is 23.6 Å². The third-order valence-electron chi connectivity index (χ3n) is 2.86. The summed E-state index contributed by atoms with van der Waals surface area (Å²) in [5.74, 6) is -1.75. The number of nitrogens with two attached hydrogens (primary N) is 1. The molecule has 1 heterocycles. The molecule has 0 amide bonds. The molecule has 19 heavy (non-hydrogen) atoms.